The number of aromatic nitrogens is 1. The topological polar surface area (TPSA) is 89.8 Å². The molecular weight excluding hydrogens is 463 g/mol. The van der Waals surface area contributed by atoms with Gasteiger partial charge in [-0.15, -0.1) is 0 Å². The summed E-state index contributed by atoms with van der Waals surface area (Å²) in [5.41, 5.74) is 1.70. The van der Waals surface area contributed by atoms with Crippen molar-refractivity contribution in [2.75, 3.05) is 26.9 Å². The molecule has 0 bridgehead atoms. The van der Waals surface area contributed by atoms with Crippen molar-refractivity contribution < 1.29 is 28.6 Å². The number of carbonyl (C=O) groups excluding carboxylic acids is 1. The predicted octanol–water partition coefficient (Wildman–Crippen LogP) is 4.22. The van der Waals surface area contributed by atoms with Crippen LogP contribution in [0.3, 0.4) is 0 Å². The maximum Gasteiger partial charge on any atom is 0.311 e. The third-order valence-electron chi connectivity index (χ3n) is 6.49. The van der Waals surface area contributed by atoms with Crippen LogP contribution < -0.4 is 5.32 Å². The molecule has 0 saturated carbocycles. The van der Waals surface area contributed by atoms with E-state index in [2.05, 4.69) is 5.32 Å². The zero-order chi connectivity index (χ0) is 24.5. The summed E-state index contributed by atoms with van der Waals surface area (Å²) in [5, 5.41) is 13.1. The number of carboxylic acids is 1. The molecule has 2 aromatic carbocycles. The van der Waals surface area contributed by atoms with Crippen molar-refractivity contribution in [2.24, 2.45) is 7.05 Å². The highest BCUT2D eigenvalue weighted by Gasteiger charge is 2.39. The number of carboxylic acid groups (broad SMARTS) is 1. The Labute approximate surface area is 201 Å². The van der Waals surface area contributed by atoms with E-state index in [1.807, 2.05) is 12.1 Å². The lowest BCUT2D eigenvalue weighted by Gasteiger charge is -2.30. The Morgan fingerprint density at radius 3 is 2.65 bits per heavy atom. The molecule has 1 aliphatic heterocycles. The minimum atomic E-state index is -0.914. The van der Waals surface area contributed by atoms with E-state index in [4.69, 9.17) is 21.1 Å². The Hall–Kier alpha value is -2.94. The van der Waals surface area contributed by atoms with Crippen molar-refractivity contribution in [3.05, 3.63) is 70.1 Å². The van der Waals surface area contributed by atoms with E-state index < -0.39 is 23.2 Å². The van der Waals surface area contributed by atoms with Crippen molar-refractivity contribution in [3.63, 3.8) is 0 Å². The molecule has 2 N–H and O–H groups in total. The minimum Gasteiger partial charge on any atom is -0.481 e. The number of aliphatic carboxylic acids is 1. The number of hydrogen-bond acceptors (Lipinski definition) is 4. The molecule has 180 valence electrons. The molecule has 4 rings (SSSR count). The molecule has 1 amide bonds. The minimum absolute atomic E-state index is 0.0249. The Morgan fingerprint density at radius 1 is 1.29 bits per heavy atom. The van der Waals surface area contributed by atoms with Crippen LogP contribution in [0, 0.1) is 5.82 Å². The molecule has 0 aliphatic carbocycles. The van der Waals surface area contributed by atoms with Gasteiger partial charge in [0.05, 0.1) is 28.6 Å². The highest BCUT2D eigenvalue weighted by Crippen LogP contribution is 2.34. The number of nitrogens with zero attached hydrogens (tertiary/aromatic N) is 1. The summed E-state index contributed by atoms with van der Waals surface area (Å²) in [5.74, 6) is -2.48. The molecule has 2 unspecified atom stereocenters. The van der Waals surface area contributed by atoms with Crippen molar-refractivity contribution in [1.29, 1.82) is 0 Å². The SMILES string of the molecule is COCCC(C(=O)O)c1ccc(C2(NC(=O)c3cc4c(Cl)c(F)ccc4n3C)CCOC2)cc1. The van der Waals surface area contributed by atoms with Gasteiger partial charge < -0.3 is 24.5 Å². The van der Waals surface area contributed by atoms with E-state index >= 15 is 0 Å². The van der Waals surface area contributed by atoms with Gasteiger partial charge in [-0.3, -0.25) is 9.59 Å². The monoisotopic (exact) mass is 488 g/mol. The summed E-state index contributed by atoms with van der Waals surface area (Å²) >= 11 is 6.11. The number of fused-ring (bicyclic) bond motifs is 1. The van der Waals surface area contributed by atoms with Crippen LogP contribution in [0.1, 0.15) is 40.4 Å². The molecule has 0 radical (unpaired) electrons. The number of ether oxygens (including phenoxy) is 2. The lowest BCUT2D eigenvalue weighted by Crippen LogP contribution is -2.47. The Kier molecular flexibility index (Phi) is 6.93. The summed E-state index contributed by atoms with van der Waals surface area (Å²) in [6, 6.07) is 11.7. The van der Waals surface area contributed by atoms with Crippen LogP contribution in [-0.4, -0.2) is 48.5 Å². The number of benzene rings is 2. The highest BCUT2D eigenvalue weighted by molar-refractivity contribution is 6.35. The van der Waals surface area contributed by atoms with Crippen LogP contribution in [0.2, 0.25) is 5.02 Å². The predicted molar refractivity (Wildman–Crippen MR) is 126 cm³/mol. The van der Waals surface area contributed by atoms with Gasteiger partial charge in [0.1, 0.15) is 11.5 Å². The molecule has 7 nitrogen and oxygen atoms in total. The van der Waals surface area contributed by atoms with E-state index in [0.717, 1.165) is 5.56 Å². The standard InChI is InChI=1S/C25H26ClFN2O5/c1-29-20-8-7-19(27)22(26)18(20)13-21(29)23(30)28-25(10-12-34-14-25)16-5-3-15(4-6-16)17(24(31)32)9-11-33-2/h3-8,13,17H,9-12,14H2,1-2H3,(H,28,30)(H,31,32). The molecule has 0 spiro atoms. The number of rotatable bonds is 8. The second kappa shape index (κ2) is 9.74. The summed E-state index contributed by atoms with van der Waals surface area (Å²) < 4.78 is 26.3. The number of methoxy groups -OCH3 is 1. The summed E-state index contributed by atoms with van der Waals surface area (Å²) in [6.45, 7) is 1.09. The zero-order valence-corrected chi connectivity index (χ0v) is 19.7. The van der Waals surface area contributed by atoms with Crippen LogP contribution >= 0.6 is 11.6 Å². The fourth-order valence-electron chi connectivity index (χ4n) is 4.51. The first-order chi connectivity index (χ1) is 16.3. The number of aryl methyl sites for hydroxylation is 1. The van der Waals surface area contributed by atoms with Gasteiger partial charge in [-0.05, 0) is 35.7 Å². The van der Waals surface area contributed by atoms with E-state index in [1.54, 1.807) is 35.9 Å². The van der Waals surface area contributed by atoms with Crippen LogP contribution in [0.15, 0.2) is 42.5 Å². The van der Waals surface area contributed by atoms with Gasteiger partial charge in [0.15, 0.2) is 0 Å². The molecule has 2 atom stereocenters. The normalized spacial score (nSPS) is 18.8. The second-order valence-electron chi connectivity index (χ2n) is 8.52. The smallest absolute Gasteiger partial charge is 0.311 e. The lowest BCUT2D eigenvalue weighted by molar-refractivity contribution is -0.139. The van der Waals surface area contributed by atoms with Gasteiger partial charge in [0.25, 0.3) is 5.91 Å². The maximum atomic E-state index is 13.9. The average molecular weight is 489 g/mol. The molecule has 9 heteroatoms. The Balaban J connectivity index is 1.63. The van der Waals surface area contributed by atoms with Crippen molar-refractivity contribution >= 4 is 34.4 Å². The molecular formula is C25H26ClFN2O5. The molecule has 34 heavy (non-hydrogen) atoms. The third kappa shape index (κ3) is 4.41. The quantitative estimate of drug-likeness (QED) is 0.495. The third-order valence-corrected chi connectivity index (χ3v) is 6.88. The van der Waals surface area contributed by atoms with Crippen LogP contribution in [0.5, 0.6) is 0 Å². The van der Waals surface area contributed by atoms with Gasteiger partial charge >= 0.3 is 5.97 Å². The average Bonchev–Trinajstić information content (AvgIpc) is 3.42. The second-order valence-corrected chi connectivity index (χ2v) is 8.89. The Bertz CT molecular complexity index is 1220. The zero-order valence-electron chi connectivity index (χ0n) is 18.9. The van der Waals surface area contributed by atoms with Crippen molar-refractivity contribution in [3.8, 4) is 0 Å². The van der Waals surface area contributed by atoms with Gasteiger partial charge in [-0.1, -0.05) is 35.9 Å². The van der Waals surface area contributed by atoms with Crippen molar-refractivity contribution in [1.82, 2.24) is 9.88 Å². The Morgan fingerprint density at radius 2 is 2.03 bits per heavy atom. The lowest BCUT2D eigenvalue weighted by atomic mass is 9.86. The van der Waals surface area contributed by atoms with Gasteiger partial charge in [0.2, 0.25) is 0 Å². The van der Waals surface area contributed by atoms with E-state index in [-0.39, 0.29) is 17.5 Å². The molecule has 2 heterocycles. The number of halogens is 2. The van der Waals surface area contributed by atoms with Gasteiger partial charge in [-0.2, -0.15) is 0 Å². The summed E-state index contributed by atoms with van der Waals surface area (Å²) in [7, 11) is 3.26. The largest absolute Gasteiger partial charge is 0.481 e. The van der Waals surface area contributed by atoms with E-state index in [9.17, 15) is 19.1 Å². The number of nitrogens with one attached hydrogen (secondary N) is 1. The first-order valence-electron chi connectivity index (χ1n) is 10.9. The first-order valence-corrected chi connectivity index (χ1v) is 11.3. The fraction of sp³-hybridized carbons (Fsp3) is 0.360. The summed E-state index contributed by atoms with van der Waals surface area (Å²) in [6.07, 6.45) is 0.920. The molecule has 3 aromatic rings. The first kappa shape index (κ1) is 24.2. The molecule has 1 fully saturated rings. The van der Waals surface area contributed by atoms with Crippen LogP contribution in [0.4, 0.5) is 4.39 Å². The fourth-order valence-corrected chi connectivity index (χ4v) is 4.73. The number of hydrogen-bond donors (Lipinski definition) is 2. The molecule has 1 aromatic heterocycles. The van der Waals surface area contributed by atoms with Crippen LogP contribution in [0.25, 0.3) is 10.9 Å². The number of amides is 1. The van der Waals surface area contributed by atoms with E-state index in [1.165, 1.54) is 13.2 Å². The van der Waals surface area contributed by atoms with Gasteiger partial charge in [-0.25, -0.2) is 4.39 Å². The van der Waals surface area contributed by atoms with Gasteiger partial charge in [0, 0.05) is 39.2 Å². The van der Waals surface area contributed by atoms with E-state index in [0.29, 0.717) is 48.2 Å². The van der Waals surface area contributed by atoms with Crippen LogP contribution in [-0.2, 0) is 26.9 Å². The molecule has 1 aliphatic rings. The van der Waals surface area contributed by atoms with Crippen molar-refractivity contribution in [2.45, 2.75) is 24.3 Å². The molecule has 1 saturated heterocycles. The summed E-state index contributed by atoms with van der Waals surface area (Å²) in [4.78, 5) is 25.0. The highest BCUT2D eigenvalue weighted by atomic mass is 35.5. The number of carbonyl (C=O) groups is 2. The maximum absolute atomic E-state index is 13.9.